The molecule has 0 bridgehead atoms. The number of aryl methyl sites for hydroxylation is 1. The van der Waals surface area contributed by atoms with Crippen molar-refractivity contribution in [3.8, 4) is 11.1 Å². The van der Waals surface area contributed by atoms with E-state index in [0.29, 0.717) is 12.8 Å². The minimum absolute atomic E-state index is 0. The second-order valence-corrected chi connectivity index (χ2v) is 5.19. The van der Waals surface area contributed by atoms with E-state index in [1.54, 1.807) is 6.20 Å². The number of Topliss-reactive ketones (excluding diaryl/α,β-unsaturated/α-hetero) is 1. The number of carbonyl (C=O) groups excluding carboxylic acids is 1. The number of aromatic nitrogens is 2. The molecule has 2 aromatic heterocycles. The Balaban J connectivity index is 0.00000176. The van der Waals surface area contributed by atoms with Gasteiger partial charge in [-0.2, -0.15) is 29.8 Å². The van der Waals surface area contributed by atoms with E-state index in [-0.39, 0.29) is 38.5 Å². The molecular formula is C18H17N2OY-. The number of pyridine rings is 1. The van der Waals surface area contributed by atoms with Crippen molar-refractivity contribution >= 4 is 11.4 Å². The number of benzene rings is 1. The van der Waals surface area contributed by atoms with E-state index in [0.717, 1.165) is 27.9 Å². The fourth-order valence-corrected chi connectivity index (χ4v) is 2.55. The molecule has 109 valence electrons. The van der Waals surface area contributed by atoms with Gasteiger partial charge in [-0.05, 0) is 0 Å². The maximum absolute atomic E-state index is 11.8. The topological polar surface area (TPSA) is 34.4 Å². The summed E-state index contributed by atoms with van der Waals surface area (Å²) in [4.78, 5) is 16.2. The van der Waals surface area contributed by atoms with Crippen molar-refractivity contribution in [2.24, 2.45) is 0 Å². The first kappa shape index (κ1) is 17.0. The summed E-state index contributed by atoms with van der Waals surface area (Å²) >= 11 is 0. The van der Waals surface area contributed by atoms with Crippen LogP contribution < -0.4 is 0 Å². The molecule has 0 aliphatic heterocycles. The molecule has 0 spiro atoms. The van der Waals surface area contributed by atoms with Crippen LogP contribution in [0.5, 0.6) is 0 Å². The number of imidazole rings is 1. The van der Waals surface area contributed by atoms with E-state index in [1.807, 2.05) is 36.6 Å². The van der Waals surface area contributed by atoms with Crippen LogP contribution in [0.25, 0.3) is 16.8 Å². The van der Waals surface area contributed by atoms with Gasteiger partial charge in [0.2, 0.25) is 0 Å². The second kappa shape index (κ2) is 7.30. The average molecular weight is 366 g/mol. The van der Waals surface area contributed by atoms with Crippen LogP contribution in [0.3, 0.4) is 0 Å². The van der Waals surface area contributed by atoms with Gasteiger partial charge >= 0.3 is 0 Å². The minimum atomic E-state index is 0. The van der Waals surface area contributed by atoms with Gasteiger partial charge in [0.15, 0.2) is 0 Å². The predicted octanol–water partition coefficient (Wildman–Crippen LogP) is 3.63. The van der Waals surface area contributed by atoms with Gasteiger partial charge < -0.3 is 4.40 Å². The standard InChI is InChI=1S/C18H17N2O.Y/c1-3-16(21)11-14-10-15(12-20-9-8-19-18(14)20)17-7-5-4-6-13(17)2;/h4-5,7-10,12H,3,11H2,1-2H3;/q-1;. The molecule has 0 aliphatic carbocycles. The molecule has 0 saturated carbocycles. The quantitative estimate of drug-likeness (QED) is 0.661. The zero-order chi connectivity index (χ0) is 14.8. The Labute approximate surface area is 155 Å². The largest absolute Gasteiger partial charge is 0.307 e. The molecule has 2 heterocycles. The Morgan fingerprint density at radius 1 is 1.41 bits per heavy atom. The molecule has 22 heavy (non-hydrogen) atoms. The zero-order valence-corrected chi connectivity index (χ0v) is 15.7. The predicted molar refractivity (Wildman–Crippen MR) is 83.2 cm³/mol. The van der Waals surface area contributed by atoms with E-state index in [1.165, 1.54) is 0 Å². The van der Waals surface area contributed by atoms with Gasteiger partial charge in [0.1, 0.15) is 11.4 Å². The molecule has 0 amide bonds. The molecule has 1 radical (unpaired) electrons. The Morgan fingerprint density at radius 2 is 2.23 bits per heavy atom. The fourth-order valence-electron chi connectivity index (χ4n) is 2.55. The van der Waals surface area contributed by atoms with Crippen molar-refractivity contribution in [2.45, 2.75) is 26.7 Å². The molecule has 4 heteroatoms. The normalized spacial score (nSPS) is 10.5. The Bertz CT molecular complexity index is 808. The molecule has 3 rings (SSSR count). The average Bonchev–Trinajstić information content (AvgIpc) is 2.96. The number of carbonyl (C=O) groups is 1. The van der Waals surface area contributed by atoms with Gasteiger partial charge in [0, 0.05) is 69.7 Å². The van der Waals surface area contributed by atoms with E-state index >= 15 is 0 Å². The van der Waals surface area contributed by atoms with E-state index in [2.05, 4.69) is 29.4 Å². The third-order valence-electron chi connectivity index (χ3n) is 3.72. The van der Waals surface area contributed by atoms with Gasteiger partial charge in [0.05, 0.1) is 0 Å². The fraction of sp³-hybridized carbons (Fsp3) is 0.222. The van der Waals surface area contributed by atoms with Crippen LogP contribution in [0.2, 0.25) is 0 Å². The third-order valence-corrected chi connectivity index (χ3v) is 3.72. The summed E-state index contributed by atoms with van der Waals surface area (Å²) in [6.45, 7) is 3.94. The molecule has 3 nitrogen and oxygen atoms in total. The van der Waals surface area contributed by atoms with E-state index in [4.69, 9.17) is 0 Å². The first-order chi connectivity index (χ1) is 10.2. The first-order valence-corrected chi connectivity index (χ1v) is 7.14. The molecule has 3 aromatic rings. The summed E-state index contributed by atoms with van der Waals surface area (Å²) in [7, 11) is 0. The minimum Gasteiger partial charge on any atom is -0.307 e. The van der Waals surface area contributed by atoms with E-state index < -0.39 is 0 Å². The van der Waals surface area contributed by atoms with Crippen LogP contribution in [0.15, 0.2) is 42.9 Å². The van der Waals surface area contributed by atoms with Gasteiger partial charge in [0.25, 0.3) is 0 Å². The molecule has 0 atom stereocenters. The maximum Gasteiger partial charge on any atom is 0.140 e. The molecule has 0 fully saturated rings. The summed E-state index contributed by atoms with van der Waals surface area (Å²) in [5.41, 5.74) is 5.17. The molecule has 0 unspecified atom stereocenters. The molecule has 0 aliphatic rings. The van der Waals surface area contributed by atoms with Crippen molar-refractivity contribution < 1.29 is 37.5 Å². The summed E-state index contributed by atoms with van der Waals surface area (Å²) in [5.74, 6) is 0.230. The Kier molecular flexibility index (Phi) is 5.65. The first-order valence-electron chi connectivity index (χ1n) is 7.14. The van der Waals surface area contributed by atoms with Crippen molar-refractivity contribution in [2.75, 3.05) is 0 Å². The van der Waals surface area contributed by atoms with Crippen LogP contribution in [0.1, 0.15) is 24.5 Å². The summed E-state index contributed by atoms with van der Waals surface area (Å²) in [5, 5.41) is 0. The molecule has 0 saturated heterocycles. The van der Waals surface area contributed by atoms with Gasteiger partial charge in [-0.15, -0.1) is 5.56 Å². The van der Waals surface area contributed by atoms with Gasteiger partial charge in [-0.1, -0.05) is 25.5 Å². The van der Waals surface area contributed by atoms with Crippen LogP contribution in [0, 0.1) is 13.0 Å². The number of hydrogen-bond acceptors (Lipinski definition) is 2. The van der Waals surface area contributed by atoms with Crippen molar-refractivity contribution in [3.63, 3.8) is 0 Å². The third kappa shape index (κ3) is 3.36. The molecular weight excluding hydrogens is 349 g/mol. The van der Waals surface area contributed by atoms with Crippen LogP contribution >= 0.6 is 0 Å². The number of fused-ring (bicyclic) bond motifs is 1. The summed E-state index contributed by atoms with van der Waals surface area (Å²) < 4.78 is 1.99. The Hall–Kier alpha value is -1.32. The van der Waals surface area contributed by atoms with Crippen LogP contribution in [-0.2, 0) is 43.9 Å². The van der Waals surface area contributed by atoms with Crippen molar-refractivity contribution in [1.29, 1.82) is 0 Å². The van der Waals surface area contributed by atoms with Crippen LogP contribution in [0.4, 0.5) is 0 Å². The zero-order valence-electron chi connectivity index (χ0n) is 12.8. The molecule has 1 aromatic carbocycles. The van der Waals surface area contributed by atoms with Crippen LogP contribution in [-0.4, -0.2) is 15.2 Å². The van der Waals surface area contributed by atoms with Crippen molar-refractivity contribution in [1.82, 2.24) is 9.38 Å². The Morgan fingerprint density at radius 3 is 2.95 bits per heavy atom. The monoisotopic (exact) mass is 366 g/mol. The number of ketones is 1. The molecule has 0 N–H and O–H groups in total. The summed E-state index contributed by atoms with van der Waals surface area (Å²) in [6.07, 6.45) is 6.72. The maximum atomic E-state index is 11.8. The number of hydrogen-bond donors (Lipinski definition) is 0. The van der Waals surface area contributed by atoms with E-state index in [9.17, 15) is 4.79 Å². The van der Waals surface area contributed by atoms with Gasteiger partial charge in [-0.25, -0.2) is 4.98 Å². The van der Waals surface area contributed by atoms with Gasteiger partial charge in [-0.3, -0.25) is 4.79 Å². The smallest absolute Gasteiger partial charge is 0.140 e. The van der Waals surface area contributed by atoms with Crippen molar-refractivity contribution in [3.05, 3.63) is 60.0 Å². The second-order valence-electron chi connectivity index (χ2n) is 5.19. The summed E-state index contributed by atoms with van der Waals surface area (Å²) in [6, 6.07) is 11.3. The number of nitrogens with zero attached hydrogens (tertiary/aromatic N) is 2. The SMILES string of the molecule is CCC(=O)Cc1cc(-c2ccc[c-]c2C)cn2ccnc12.[Y]. The number of rotatable bonds is 4.